The van der Waals surface area contributed by atoms with Gasteiger partial charge in [0.05, 0.1) is 11.6 Å². The standard InChI is InChI=1S/C31H40N5O4/c1-32(17-20-6-5-13-33-12-3-2-7-26(20)33)31(38)25-16-21-15-24(36(39)40)10-11-28(21)35-18-22-14-23(30(25)35)19-34-27(22)8-4-9-29(34)37/h4,8-11,15,20,22-23,25-26,30,39H,2-3,5-7,12-14,16-19H2,1H3/q-1/t20-,22?,23?,25+,26+,30-/m0/s1. The van der Waals surface area contributed by atoms with E-state index in [0.29, 0.717) is 24.9 Å². The van der Waals surface area contributed by atoms with E-state index in [1.54, 1.807) is 18.2 Å². The summed E-state index contributed by atoms with van der Waals surface area (Å²) in [7, 11) is 1.97. The van der Waals surface area contributed by atoms with Crippen LogP contribution >= 0.6 is 0 Å². The molecule has 0 saturated carbocycles. The lowest BCUT2D eigenvalue weighted by atomic mass is 9.69. The Kier molecular flexibility index (Phi) is 6.64. The van der Waals surface area contributed by atoms with Crippen molar-refractivity contribution >= 4 is 17.3 Å². The van der Waals surface area contributed by atoms with Gasteiger partial charge in [0.25, 0.3) is 5.56 Å². The molecule has 6 heterocycles. The van der Waals surface area contributed by atoms with Crippen molar-refractivity contribution in [3.8, 4) is 0 Å². The Morgan fingerprint density at radius 2 is 1.95 bits per heavy atom. The fraction of sp³-hybridized carbons (Fsp3) is 0.613. The van der Waals surface area contributed by atoms with Crippen molar-refractivity contribution in [1.82, 2.24) is 14.4 Å². The quantitative estimate of drug-likeness (QED) is 0.587. The summed E-state index contributed by atoms with van der Waals surface area (Å²) in [4.78, 5) is 34.2. The number of rotatable bonds is 4. The first-order valence-corrected chi connectivity index (χ1v) is 15.1. The van der Waals surface area contributed by atoms with E-state index in [1.165, 1.54) is 45.2 Å². The van der Waals surface area contributed by atoms with Crippen LogP contribution in [0.3, 0.4) is 0 Å². The number of nitrogens with zero attached hydrogens (tertiary/aromatic N) is 5. The zero-order valence-corrected chi connectivity index (χ0v) is 23.3. The molecular formula is C31H40N5O4-. The number of benzene rings is 1. The number of fused-ring (bicyclic) bond motifs is 9. The number of anilines is 2. The molecule has 3 saturated heterocycles. The molecule has 2 unspecified atom stereocenters. The molecular weight excluding hydrogens is 506 g/mol. The molecule has 9 nitrogen and oxygen atoms in total. The molecule has 2 bridgehead atoms. The van der Waals surface area contributed by atoms with Gasteiger partial charge in [-0.15, -0.1) is 0 Å². The van der Waals surface area contributed by atoms with Gasteiger partial charge in [-0.1, -0.05) is 12.5 Å². The molecule has 1 aromatic heterocycles. The number of pyridine rings is 1. The molecule has 1 amide bonds. The van der Waals surface area contributed by atoms with E-state index in [2.05, 4.69) is 15.9 Å². The van der Waals surface area contributed by atoms with Crippen molar-refractivity contribution < 1.29 is 10.0 Å². The van der Waals surface area contributed by atoms with Crippen LogP contribution in [0.15, 0.2) is 41.2 Å². The van der Waals surface area contributed by atoms with E-state index in [1.807, 2.05) is 28.6 Å². The van der Waals surface area contributed by atoms with Gasteiger partial charge in [-0.3, -0.25) is 14.8 Å². The van der Waals surface area contributed by atoms with Gasteiger partial charge in [-0.2, -0.15) is 0 Å². The van der Waals surface area contributed by atoms with Crippen molar-refractivity contribution in [2.75, 3.05) is 43.4 Å². The Morgan fingerprint density at radius 1 is 1.10 bits per heavy atom. The molecule has 0 radical (unpaired) electrons. The lowest BCUT2D eigenvalue weighted by Crippen LogP contribution is -2.61. The molecule has 2 aromatic rings. The largest absolute Gasteiger partial charge is 0.733 e. The lowest BCUT2D eigenvalue weighted by molar-refractivity contribution is -0.137. The Labute approximate surface area is 235 Å². The first-order chi connectivity index (χ1) is 19.4. The minimum Gasteiger partial charge on any atom is -0.733 e. The average molecular weight is 547 g/mol. The highest BCUT2D eigenvalue weighted by atomic mass is 16.8. The fourth-order valence-electron chi connectivity index (χ4n) is 8.96. The van der Waals surface area contributed by atoms with Crippen molar-refractivity contribution in [1.29, 1.82) is 0 Å². The van der Waals surface area contributed by atoms with Crippen molar-refractivity contribution in [2.24, 2.45) is 17.8 Å². The van der Waals surface area contributed by atoms with E-state index >= 15 is 0 Å². The average Bonchev–Trinajstić information content (AvgIpc) is 2.96. The Morgan fingerprint density at radius 3 is 2.80 bits per heavy atom. The fourth-order valence-corrected chi connectivity index (χ4v) is 8.96. The van der Waals surface area contributed by atoms with Crippen LogP contribution in [-0.2, 0) is 17.8 Å². The summed E-state index contributed by atoms with van der Waals surface area (Å²) in [6, 6.07) is 11.4. The summed E-state index contributed by atoms with van der Waals surface area (Å²) in [6.07, 6.45) is 7.65. The number of piperidine rings is 3. The summed E-state index contributed by atoms with van der Waals surface area (Å²) in [6.45, 7) is 4.49. The SMILES string of the molecule is CN(C[C@@H]1CCCN2CCCC[C@H]12)C(=O)[C@@H]1Cc2cc(N([O-])O)ccc2N2CC3CC(Cn4c3cccc4=O)[C@@H]12. The molecule has 0 spiro atoms. The number of amides is 1. The van der Waals surface area contributed by atoms with Crippen molar-refractivity contribution in [2.45, 2.75) is 69.5 Å². The van der Waals surface area contributed by atoms with E-state index < -0.39 is 0 Å². The van der Waals surface area contributed by atoms with Crippen LogP contribution in [0.1, 0.15) is 55.7 Å². The third-order valence-electron chi connectivity index (χ3n) is 10.6. The maximum atomic E-state index is 14.4. The molecule has 5 aliphatic rings. The first-order valence-electron chi connectivity index (χ1n) is 15.1. The van der Waals surface area contributed by atoms with E-state index in [0.717, 1.165) is 36.5 Å². The Hall–Kier alpha value is -2.88. The topological polar surface area (TPSA) is 95.3 Å². The van der Waals surface area contributed by atoms with Gasteiger partial charge in [-0.25, -0.2) is 0 Å². The smallest absolute Gasteiger partial charge is 0.250 e. The maximum absolute atomic E-state index is 14.4. The van der Waals surface area contributed by atoms with Gasteiger partial charge >= 0.3 is 0 Å². The summed E-state index contributed by atoms with van der Waals surface area (Å²) < 4.78 is 1.93. The second kappa shape index (κ2) is 10.2. The summed E-state index contributed by atoms with van der Waals surface area (Å²) in [5.74, 6) is 0.771. The van der Waals surface area contributed by atoms with Gasteiger partial charge in [0.2, 0.25) is 5.91 Å². The van der Waals surface area contributed by atoms with Crippen LogP contribution < -0.4 is 15.7 Å². The van der Waals surface area contributed by atoms with Crippen molar-refractivity contribution in [3.05, 3.63) is 63.2 Å². The molecule has 6 atom stereocenters. The number of hydrogen-bond donors (Lipinski definition) is 1. The monoisotopic (exact) mass is 546 g/mol. The highest BCUT2D eigenvalue weighted by Crippen LogP contribution is 2.48. The molecule has 3 fully saturated rings. The molecule has 9 heteroatoms. The number of hydrogen-bond acceptors (Lipinski definition) is 7. The molecule has 5 aliphatic heterocycles. The van der Waals surface area contributed by atoms with Gasteiger partial charge in [0.15, 0.2) is 0 Å². The van der Waals surface area contributed by atoms with Gasteiger partial charge < -0.3 is 29.7 Å². The second-order valence-corrected chi connectivity index (χ2v) is 12.9. The Bertz CT molecular complexity index is 1340. The lowest BCUT2D eigenvalue weighted by Gasteiger charge is -2.55. The number of carbonyl (C=O) groups is 1. The van der Waals surface area contributed by atoms with E-state index in [-0.39, 0.29) is 46.2 Å². The highest BCUT2D eigenvalue weighted by molar-refractivity contribution is 5.82. The van der Waals surface area contributed by atoms with Crippen LogP contribution in [0.25, 0.3) is 0 Å². The van der Waals surface area contributed by atoms with E-state index in [9.17, 15) is 20.0 Å². The second-order valence-electron chi connectivity index (χ2n) is 12.9. The number of carbonyl (C=O) groups excluding carboxylic acids is 1. The highest BCUT2D eigenvalue weighted by Gasteiger charge is 2.50. The van der Waals surface area contributed by atoms with Crippen LogP contribution in [-0.4, -0.2) is 70.8 Å². The molecule has 7 rings (SSSR count). The van der Waals surface area contributed by atoms with Gasteiger partial charge in [0, 0.05) is 62.1 Å². The predicted octanol–water partition coefficient (Wildman–Crippen LogP) is 3.43. The van der Waals surface area contributed by atoms with Crippen LogP contribution in [0, 0.1) is 23.0 Å². The molecule has 1 N–H and O–H groups in total. The van der Waals surface area contributed by atoms with Crippen LogP contribution in [0.5, 0.6) is 0 Å². The molecule has 0 aliphatic carbocycles. The predicted molar refractivity (Wildman–Crippen MR) is 154 cm³/mol. The minimum absolute atomic E-state index is 0.0141. The van der Waals surface area contributed by atoms with Gasteiger partial charge in [-0.05, 0) is 93.3 Å². The maximum Gasteiger partial charge on any atom is 0.250 e. The molecule has 40 heavy (non-hydrogen) atoms. The van der Waals surface area contributed by atoms with Crippen LogP contribution in [0.2, 0.25) is 0 Å². The third kappa shape index (κ3) is 4.33. The Balaban J connectivity index is 1.21. The molecule has 214 valence electrons. The van der Waals surface area contributed by atoms with Gasteiger partial charge in [0.1, 0.15) is 0 Å². The molecule has 1 aromatic carbocycles. The van der Waals surface area contributed by atoms with E-state index in [4.69, 9.17) is 0 Å². The first kappa shape index (κ1) is 26.0. The zero-order valence-electron chi connectivity index (χ0n) is 23.3. The summed E-state index contributed by atoms with van der Waals surface area (Å²) in [5, 5.41) is 21.3. The summed E-state index contributed by atoms with van der Waals surface area (Å²) in [5.41, 5.74) is 3.26. The number of aromatic nitrogens is 1. The van der Waals surface area contributed by atoms with Crippen LogP contribution in [0.4, 0.5) is 11.4 Å². The normalized spacial score (nSPS) is 30.9. The minimum atomic E-state index is -0.274. The third-order valence-corrected chi connectivity index (χ3v) is 10.6. The van der Waals surface area contributed by atoms with Crippen molar-refractivity contribution in [3.63, 3.8) is 0 Å². The zero-order chi connectivity index (χ0) is 27.5. The summed E-state index contributed by atoms with van der Waals surface area (Å²) >= 11 is 0.